The first kappa shape index (κ1) is 18.4. The maximum atomic E-state index is 12.5. The zero-order chi connectivity index (χ0) is 20.2. The summed E-state index contributed by atoms with van der Waals surface area (Å²) in [5.74, 6) is -0.376. The quantitative estimate of drug-likeness (QED) is 0.480. The number of hydrogen-bond acceptors (Lipinski definition) is 2. The number of nitrogens with one attached hydrogen (secondary N) is 2. The largest absolute Gasteiger partial charge is 0.322 e. The molecule has 4 aromatic carbocycles. The Morgan fingerprint density at radius 3 is 2.00 bits per heavy atom. The summed E-state index contributed by atoms with van der Waals surface area (Å²) in [5.41, 5.74) is 3.53. The van der Waals surface area contributed by atoms with Crippen LogP contribution in [0.4, 0.5) is 11.4 Å². The predicted molar refractivity (Wildman–Crippen MR) is 117 cm³/mol. The molecular weight excluding hydrogens is 360 g/mol. The van der Waals surface area contributed by atoms with Crippen LogP contribution in [0.15, 0.2) is 91.0 Å². The van der Waals surface area contributed by atoms with Gasteiger partial charge in [-0.1, -0.05) is 48.0 Å². The zero-order valence-corrected chi connectivity index (χ0v) is 16.0. The van der Waals surface area contributed by atoms with Crippen LogP contribution in [0.1, 0.15) is 26.3 Å². The molecule has 0 aromatic heterocycles. The summed E-state index contributed by atoms with van der Waals surface area (Å²) in [4.78, 5) is 24.9. The minimum atomic E-state index is -0.197. The van der Waals surface area contributed by atoms with E-state index in [1.54, 1.807) is 30.3 Å². The van der Waals surface area contributed by atoms with Crippen LogP contribution in [0, 0.1) is 6.92 Å². The maximum Gasteiger partial charge on any atom is 0.255 e. The van der Waals surface area contributed by atoms with E-state index in [1.807, 2.05) is 67.6 Å². The SMILES string of the molecule is Cc1cccc(C(=O)Nc2ccc(C(=O)Nc3ccc4ccccc4c3)cc2)c1. The number of aryl methyl sites for hydroxylation is 1. The standard InChI is InChI=1S/C25H20N2O2/c1-17-5-4-8-21(15-17)25(29)26-22-12-10-19(11-13-22)24(28)27-23-14-9-18-6-2-3-7-20(18)16-23/h2-16H,1H3,(H,26,29)(H,27,28). The lowest BCUT2D eigenvalue weighted by atomic mass is 10.1. The van der Waals surface area contributed by atoms with Gasteiger partial charge in [-0.3, -0.25) is 9.59 Å². The van der Waals surface area contributed by atoms with Crippen molar-refractivity contribution in [1.82, 2.24) is 0 Å². The lowest BCUT2D eigenvalue weighted by Gasteiger charge is -2.09. The Balaban J connectivity index is 1.44. The molecule has 0 saturated heterocycles. The Labute approximate surface area is 169 Å². The summed E-state index contributed by atoms with van der Waals surface area (Å²) >= 11 is 0. The van der Waals surface area contributed by atoms with Crippen molar-refractivity contribution in [1.29, 1.82) is 0 Å². The second-order valence-electron chi connectivity index (χ2n) is 6.92. The van der Waals surface area contributed by atoms with Gasteiger partial charge in [0.25, 0.3) is 11.8 Å². The van der Waals surface area contributed by atoms with Gasteiger partial charge in [-0.2, -0.15) is 0 Å². The molecule has 0 unspecified atom stereocenters. The van der Waals surface area contributed by atoms with Crippen LogP contribution >= 0.6 is 0 Å². The number of benzene rings is 4. The zero-order valence-electron chi connectivity index (χ0n) is 16.0. The van der Waals surface area contributed by atoms with Crippen LogP contribution in [0.25, 0.3) is 10.8 Å². The molecule has 0 heterocycles. The fraction of sp³-hybridized carbons (Fsp3) is 0.0400. The molecule has 2 amide bonds. The third-order valence-electron chi connectivity index (χ3n) is 4.69. The van der Waals surface area contributed by atoms with E-state index in [1.165, 1.54) is 0 Å². The molecule has 0 atom stereocenters. The van der Waals surface area contributed by atoms with E-state index in [0.717, 1.165) is 22.0 Å². The summed E-state index contributed by atoms with van der Waals surface area (Å²) in [6.07, 6.45) is 0. The second kappa shape index (κ2) is 7.98. The molecular formula is C25H20N2O2. The Bertz CT molecular complexity index is 1200. The molecule has 29 heavy (non-hydrogen) atoms. The molecule has 0 saturated carbocycles. The summed E-state index contributed by atoms with van der Waals surface area (Å²) < 4.78 is 0. The van der Waals surface area contributed by atoms with E-state index in [4.69, 9.17) is 0 Å². The highest BCUT2D eigenvalue weighted by molar-refractivity contribution is 6.07. The molecule has 0 fully saturated rings. The van der Waals surface area contributed by atoms with Crippen molar-refractivity contribution in [2.24, 2.45) is 0 Å². The summed E-state index contributed by atoms with van der Waals surface area (Å²) in [6.45, 7) is 1.94. The van der Waals surface area contributed by atoms with Crippen LogP contribution in [-0.2, 0) is 0 Å². The summed E-state index contributed by atoms with van der Waals surface area (Å²) in [7, 11) is 0. The maximum absolute atomic E-state index is 12.5. The van der Waals surface area contributed by atoms with E-state index in [2.05, 4.69) is 10.6 Å². The lowest BCUT2D eigenvalue weighted by Crippen LogP contribution is -2.13. The van der Waals surface area contributed by atoms with E-state index in [0.29, 0.717) is 16.8 Å². The number of carbonyl (C=O) groups excluding carboxylic acids is 2. The fourth-order valence-electron chi connectivity index (χ4n) is 3.16. The molecule has 2 N–H and O–H groups in total. The molecule has 4 heteroatoms. The summed E-state index contributed by atoms with van der Waals surface area (Å²) in [5, 5.41) is 7.96. The number of fused-ring (bicyclic) bond motifs is 1. The molecule has 4 nitrogen and oxygen atoms in total. The summed E-state index contributed by atoms with van der Waals surface area (Å²) in [6, 6.07) is 28.1. The first-order valence-corrected chi connectivity index (χ1v) is 9.37. The first-order chi connectivity index (χ1) is 14.1. The number of anilines is 2. The van der Waals surface area contributed by atoms with E-state index >= 15 is 0 Å². The molecule has 0 spiro atoms. The van der Waals surface area contributed by atoms with Crippen molar-refractivity contribution < 1.29 is 9.59 Å². The Kier molecular flexibility index (Phi) is 5.08. The molecule has 0 aliphatic rings. The number of rotatable bonds is 4. The minimum Gasteiger partial charge on any atom is -0.322 e. The average molecular weight is 380 g/mol. The monoisotopic (exact) mass is 380 g/mol. The van der Waals surface area contributed by atoms with Crippen LogP contribution in [0.2, 0.25) is 0 Å². The Morgan fingerprint density at radius 2 is 1.24 bits per heavy atom. The minimum absolute atomic E-state index is 0.179. The van der Waals surface area contributed by atoms with Crippen LogP contribution in [0.3, 0.4) is 0 Å². The third-order valence-corrected chi connectivity index (χ3v) is 4.69. The molecule has 0 aliphatic heterocycles. The highest BCUT2D eigenvalue weighted by Gasteiger charge is 2.09. The van der Waals surface area contributed by atoms with Gasteiger partial charge in [0.2, 0.25) is 0 Å². The second-order valence-corrected chi connectivity index (χ2v) is 6.92. The number of carbonyl (C=O) groups is 2. The van der Waals surface area contributed by atoms with Gasteiger partial charge in [0, 0.05) is 22.5 Å². The van der Waals surface area contributed by atoms with Crippen molar-refractivity contribution >= 4 is 34.0 Å². The van der Waals surface area contributed by atoms with Crippen molar-refractivity contribution in [2.75, 3.05) is 10.6 Å². The fourth-order valence-corrected chi connectivity index (χ4v) is 3.16. The average Bonchev–Trinajstić information content (AvgIpc) is 2.74. The molecule has 0 radical (unpaired) electrons. The predicted octanol–water partition coefficient (Wildman–Crippen LogP) is 5.65. The van der Waals surface area contributed by atoms with Crippen LogP contribution < -0.4 is 10.6 Å². The van der Waals surface area contributed by atoms with Gasteiger partial charge in [0.05, 0.1) is 0 Å². The van der Waals surface area contributed by atoms with E-state index in [9.17, 15) is 9.59 Å². The van der Waals surface area contributed by atoms with Gasteiger partial charge in [-0.15, -0.1) is 0 Å². The first-order valence-electron chi connectivity index (χ1n) is 9.37. The van der Waals surface area contributed by atoms with Gasteiger partial charge < -0.3 is 10.6 Å². The van der Waals surface area contributed by atoms with Gasteiger partial charge in [-0.05, 0) is 66.2 Å². The van der Waals surface area contributed by atoms with Crippen molar-refractivity contribution in [3.63, 3.8) is 0 Å². The lowest BCUT2D eigenvalue weighted by molar-refractivity contribution is 0.102. The molecule has 142 valence electrons. The van der Waals surface area contributed by atoms with Crippen LogP contribution in [0.5, 0.6) is 0 Å². The van der Waals surface area contributed by atoms with E-state index < -0.39 is 0 Å². The van der Waals surface area contributed by atoms with E-state index in [-0.39, 0.29) is 11.8 Å². The topological polar surface area (TPSA) is 58.2 Å². The van der Waals surface area contributed by atoms with Gasteiger partial charge in [-0.25, -0.2) is 0 Å². The highest BCUT2D eigenvalue weighted by atomic mass is 16.2. The molecule has 0 bridgehead atoms. The normalized spacial score (nSPS) is 10.5. The van der Waals surface area contributed by atoms with Gasteiger partial charge in [0.15, 0.2) is 0 Å². The van der Waals surface area contributed by atoms with Crippen molar-refractivity contribution in [3.05, 3.63) is 108 Å². The number of amides is 2. The van der Waals surface area contributed by atoms with Gasteiger partial charge >= 0.3 is 0 Å². The number of hydrogen-bond donors (Lipinski definition) is 2. The Morgan fingerprint density at radius 1 is 0.586 bits per heavy atom. The third kappa shape index (κ3) is 4.33. The molecule has 0 aliphatic carbocycles. The Hall–Kier alpha value is -3.92. The smallest absolute Gasteiger partial charge is 0.255 e. The van der Waals surface area contributed by atoms with Crippen molar-refractivity contribution in [2.45, 2.75) is 6.92 Å². The van der Waals surface area contributed by atoms with Crippen molar-refractivity contribution in [3.8, 4) is 0 Å². The molecule has 4 rings (SSSR count). The molecule has 4 aromatic rings. The highest BCUT2D eigenvalue weighted by Crippen LogP contribution is 2.20. The van der Waals surface area contributed by atoms with Gasteiger partial charge in [0.1, 0.15) is 0 Å². The van der Waals surface area contributed by atoms with Crippen LogP contribution in [-0.4, -0.2) is 11.8 Å².